The maximum atomic E-state index is 13.4. The summed E-state index contributed by atoms with van der Waals surface area (Å²) in [6, 6.07) is 21.4. The monoisotopic (exact) mass is 466 g/mol. The maximum Gasteiger partial charge on any atom is 0.340 e. The van der Waals surface area contributed by atoms with E-state index in [-0.39, 0.29) is 22.8 Å². The van der Waals surface area contributed by atoms with Gasteiger partial charge in [0, 0.05) is 0 Å². The highest BCUT2D eigenvalue weighted by molar-refractivity contribution is 7.92. The highest BCUT2D eigenvalue weighted by Crippen LogP contribution is 2.25. The van der Waals surface area contributed by atoms with Crippen molar-refractivity contribution in [3.63, 3.8) is 0 Å². The van der Waals surface area contributed by atoms with Crippen molar-refractivity contribution in [2.75, 3.05) is 22.8 Å². The van der Waals surface area contributed by atoms with Crippen molar-refractivity contribution in [3.8, 4) is 0 Å². The summed E-state index contributed by atoms with van der Waals surface area (Å²) in [5.74, 6) is -1.16. The first-order chi connectivity index (χ1) is 15.9. The first-order valence-electron chi connectivity index (χ1n) is 10.6. The van der Waals surface area contributed by atoms with Gasteiger partial charge in [0.05, 0.1) is 28.4 Å². The normalized spacial score (nSPS) is 11.0. The molecule has 0 aromatic heterocycles. The maximum absolute atomic E-state index is 13.4. The number of carbonyl (C=O) groups excluding carboxylic acids is 2. The average Bonchev–Trinajstić information content (AvgIpc) is 2.83. The number of sulfonamides is 1. The number of nitrogens with one attached hydrogen (secondary N) is 1. The van der Waals surface area contributed by atoms with E-state index in [4.69, 9.17) is 4.74 Å². The van der Waals surface area contributed by atoms with Crippen molar-refractivity contribution in [2.45, 2.75) is 25.2 Å². The molecular formula is C25H26N2O5S. The van der Waals surface area contributed by atoms with E-state index >= 15 is 0 Å². The lowest BCUT2D eigenvalue weighted by Gasteiger charge is -2.24. The van der Waals surface area contributed by atoms with Crippen molar-refractivity contribution in [1.29, 1.82) is 0 Å². The zero-order valence-corrected chi connectivity index (χ0v) is 19.3. The fourth-order valence-corrected chi connectivity index (χ4v) is 4.67. The Morgan fingerprint density at radius 1 is 0.879 bits per heavy atom. The van der Waals surface area contributed by atoms with Gasteiger partial charge in [-0.1, -0.05) is 49.4 Å². The molecule has 3 aromatic carbocycles. The number of benzene rings is 3. The van der Waals surface area contributed by atoms with Crippen LogP contribution in [-0.2, 0) is 26.0 Å². The SMILES string of the molecule is CCOC(=O)c1ccccc1NC(=O)CN(c1ccc(CC)cc1)S(=O)(=O)c1ccccc1. The van der Waals surface area contributed by atoms with E-state index in [9.17, 15) is 18.0 Å². The molecular weight excluding hydrogens is 440 g/mol. The molecule has 0 aliphatic heterocycles. The van der Waals surface area contributed by atoms with Crippen LogP contribution in [0, 0.1) is 0 Å². The van der Waals surface area contributed by atoms with Gasteiger partial charge in [0.25, 0.3) is 10.0 Å². The molecule has 0 radical (unpaired) electrons. The van der Waals surface area contributed by atoms with Gasteiger partial charge >= 0.3 is 5.97 Å². The molecule has 0 spiro atoms. The number of nitrogens with zero attached hydrogens (tertiary/aromatic N) is 1. The lowest BCUT2D eigenvalue weighted by molar-refractivity contribution is -0.114. The Morgan fingerprint density at radius 3 is 2.15 bits per heavy atom. The molecule has 0 saturated heterocycles. The second-order valence-corrected chi connectivity index (χ2v) is 9.02. The molecule has 0 aliphatic carbocycles. The largest absolute Gasteiger partial charge is 0.462 e. The molecule has 0 unspecified atom stereocenters. The van der Waals surface area contributed by atoms with Crippen LogP contribution in [0.4, 0.5) is 11.4 Å². The quantitative estimate of drug-likeness (QED) is 0.476. The molecule has 3 aromatic rings. The average molecular weight is 467 g/mol. The van der Waals surface area contributed by atoms with Gasteiger partial charge in [-0.3, -0.25) is 9.10 Å². The molecule has 1 amide bonds. The van der Waals surface area contributed by atoms with E-state index in [0.717, 1.165) is 16.3 Å². The summed E-state index contributed by atoms with van der Waals surface area (Å²) >= 11 is 0. The Bertz CT molecular complexity index is 1210. The number of hydrogen-bond acceptors (Lipinski definition) is 5. The zero-order chi connectivity index (χ0) is 23.8. The van der Waals surface area contributed by atoms with Crippen LogP contribution in [0.2, 0.25) is 0 Å². The van der Waals surface area contributed by atoms with E-state index in [2.05, 4.69) is 5.32 Å². The minimum Gasteiger partial charge on any atom is -0.462 e. The number of carbonyl (C=O) groups is 2. The Morgan fingerprint density at radius 2 is 1.52 bits per heavy atom. The van der Waals surface area contributed by atoms with Gasteiger partial charge in [-0.15, -0.1) is 0 Å². The molecule has 0 heterocycles. The molecule has 33 heavy (non-hydrogen) atoms. The fourth-order valence-electron chi connectivity index (χ4n) is 3.23. The molecule has 0 aliphatic rings. The van der Waals surface area contributed by atoms with Crippen molar-refractivity contribution in [2.24, 2.45) is 0 Å². The highest BCUT2D eigenvalue weighted by atomic mass is 32.2. The summed E-state index contributed by atoms with van der Waals surface area (Å²) < 4.78 is 32.9. The summed E-state index contributed by atoms with van der Waals surface area (Å²) in [5, 5.41) is 2.65. The van der Waals surface area contributed by atoms with Gasteiger partial charge in [-0.05, 0) is 55.3 Å². The first-order valence-corrected chi connectivity index (χ1v) is 12.0. The van der Waals surface area contributed by atoms with Crippen LogP contribution in [0.25, 0.3) is 0 Å². The lowest BCUT2D eigenvalue weighted by Crippen LogP contribution is -2.38. The third kappa shape index (κ3) is 5.78. The van der Waals surface area contributed by atoms with Crippen molar-refractivity contribution >= 4 is 33.3 Å². The smallest absolute Gasteiger partial charge is 0.340 e. The summed E-state index contributed by atoms with van der Waals surface area (Å²) in [6.07, 6.45) is 0.802. The Kier molecular flexibility index (Phi) is 7.84. The second-order valence-electron chi connectivity index (χ2n) is 7.16. The standard InChI is InChI=1S/C25H26N2O5S/c1-3-19-14-16-20(17-15-19)27(33(30,31)21-10-6-5-7-11-21)18-24(28)26-23-13-9-8-12-22(23)25(29)32-4-2/h5-17H,3-4,18H2,1-2H3,(H,26,28). The summed E-state index contributed by atoms with van der Waals surface area (Å²) in [6.45, 7) is 3.41. The van der Waals surface area contributed by atoms with Crippen LogP contribution in [-0.4, -0.2) is 33.4 Å². The third-order valence-electron chi connectivity index (χ3n) is 4.95. The number of ether oxygens (including phenoxy) is 1. The lowest BCUT2D eigenvalue weighted by atomic mass is 10.1. The number of para-hydroxylation sites is 1. The number of rotatable bonds is 9. The number of hydrogen-bond donors (Lipinski definition) is 1. The van der Waals surface area contributed by atoms with Crippen LogP contribution in [0.15, 0.2) is 83.8 Å². The molecule has 7 nitrogen and oxygen atoms in total. The predicted molar refractivity (Wildman–Crippen MR) is 128 cm³/mol. The molecule has 0 bridgehead atoms. The molecule has 8 heteroatoms. The number of amides is 1. The highest BCUT2D eigenvalue weighted by Gasteiger charge is 2.27. The summed E-state index contributed by atoms with van der Waals surface area (Å²) in [4.78, 5) is 25.2. The van der Waals surface area contributed by atoms with Crippen LogP contribution in [0.3, 0.4) is 0 Å². The zero-order valence-electron chi connectivity index (χ0n) is 18.5. The number of anilines is 2. The molecule has 0 atom stereocenters. The number of esters is 1. The van der Waals surface area contributed by atoms with Crippen LogP contribution < -0.4 is 9.62 Å². The Hall–Kier alpha value is -3.65. The fraction of sp³-hybridized carbons (Fsp3) is 0.200. The third-order valence-corrected chi connectivity index (χ3v) is 6.74. The van der Waals surface area contributed by atoms with Gasteiger partial charge in [0.15, 0.2) is 0 Å². The van der Waals surface area contributed by atoms with Crippen molar-refractivity contribution in [3.05, 3.63) is 90.0 Å². The van der Waals surface area contributed by atoms with Crippen LogP contribution in [0.1, 0.15) is 29.8 Å². The van der Waals surface area contributed by atoms with Gasteiger partial charge in [0.2, 0.25) is 5.91 Å². The minimum atomic E-state index is -4.02. The molecule has 0 fully saturated rings. The molecule has 3 rings (SSSR count). The topological polar surface area (TPSA) is 92.8 Å². The van der Waals surface area contributed by atoms with E-state index in [1.165, 1.54) is 18.2 Å². The van der Waals surface area contributed by atoms with Crippen molar-refractivity contribution < 1.29 is 22.7 Å². The van der Waals surface area contributed by atoms with Crippen LogP contribution in [0.5, 0.6) is 0 Å². The second kappa shape index (κ2) is 10.8. The van der Waals surface area contributed by atoms with Gasteiger partial charge in [0.1, 0.15) is 6.54 Å². The molecule has 1 N–H and O–H groups in total. The Labute approximate surface area is 194 Å². The van der Waals surface area contributed by atoms with Gasteiger partial charge in [-0.25, -0.2) is 13.2 Å². The van der Waals surface area contributed by atoms with E-state index < -0.39 is 28.4 Å². The van der Waals surface area contributed by atoms with E-state index in [0.29, 0.717) is 5.69 Å². The van der Waals surface area contributed by atoms with Crippen LogP contribution >= 0.6 is 0 Å². The predicted octanol–water partition coefficient (Wildman–Crippen LogP) is 4.26. The molecule has 172 valence electrons. The Balaban J connectivity index is 1.93. The van der Waals surface area contributed by atoms with Crippen molar-refractivity contribution in [1.82, 2.24) is 0 Å². The minimum absolute atomic E-state index is 0.0734. The number of aryl methyl sites for hydroxylation is 1. The van der Waals surface area contributed by atoms with E-state index in [1.54, 1.807) is 55.5 Å². The summed E-state index contributed by atoms with van der Waals surface area (Å²) in [7, 11) is -4.02. The first kappa shape index (κ1) is 24.0. The molecule has 0 saturated carbocycles. The van der Waals surface area contributed by atoms with Gasteiger partial charge < -0.3 is 10.1 Å². The summed E-state index contributed by atoms with van der Waals surface area (Å²) in [5.41, 5.74) is 1.85. The van der Waals surface area contributed by atoms with Gasteiger partial charge in [-0.2, -0.15) is 0 Å². The van der Waals surface area contributed by atoms with E-state index in [1.807, 2.05) is 19.1 Å².